The van der Waals surface area contributed by atoms with Crippen molar-refractivity contribution in [2.45, 2.75) is 45.4 Å². The maximum absolute atomic E-state index is 5.88. The molecule has 3 rings (SSSR count). The predicted octanol–water partition coefficient (Wildman–Crippen LogP) is 3.03. The zero-order chi connectivity index (χ0) is 18.4. The minimum Gasteiger partial charge on any atom is -0.491 e. The number of nitrogens with zero attached hydrogens (tertiary/aromatic N) is 3. The molecule has 0 atom stereocenters. The van der Waals surface area contributed by atoms with Crippen molar-refractivity contribution in [1.82, 2.24) is 15.3 Å². The Morgan fingerprint density at radius 3 is 2.69 bits per heavy atom. The van der Waals surface area contributed by atoms with Crippen LogP contribution in [0.1, 0.15) is 32.3 Å². The second-order valence-electron chi connectivity index (χ2n) is 6.81. The molecule has 1 saturated heterocycles. The van der Waals surface area contributed by atoms with E-state index in [4.69, 9.17) is 14.5 Å². The van der Waals surface area contributed by atoms with Crippen LogP contribution in [0.3, 0.4) is 0 Å². The molecular formula is C20H28N4O2. The average molecular weight is 356 g/mol. The van der Waals surface area contributed by atoms with Crippen LogP contribution in [0, 0.1) is 0 Å². The van der Waals surface area contributed by atoms with Crippen molar-refractivity contribution >= 4 is 5.82 Å². The third-order valence-electron chi connectivity index (χ3n) is 4.50. The van der Waals surface area contributed by atoms with Gasteiger partial charge in [0, 0.05) is 25.0 Å². The fourth-order valence-corrected chi connectivity index (χ4v) is 3.24. The summed E-state index contributed by atoms with van der Waals surface area (Å²) >= 11 is 0. The molecule has 0 unspecified atom stereocenters. The SMILES string of the molecule is COc1ccc(N(Cc2cccnc2)C2CCNCC2)nc1OC(C)C. The molecule has 1 fully saturated rings. The van der Waals surface area contributed by atoms with Crippen LogP contribution in [0.15, 0.2) is 36.7 Å². The molecule has 0 aliphatic carbocycles. The number of nitrogens with one attached hydrogen (secondary N) is 1. The van der Waals surface area contributed by atoms with Crippen LogP contribution in [-0.2, 0) is 6.54 Å². The summed E-state index contributed by atoms with van der Waals surface area (Å²) in [4.78, 5) is 11.4. The topological polar surface area (TPSA) is 59.5 Å². The molecule has 1 aliphatic heterocycles. The Labute approximate surface area is 155 Å². The van der Waals surface area contributed by atoms with Crippen LogP contribution >= 0.6 is 0 Å². The van der Waals surface area contributed by atoms with Gasteiger partial charge in [0.2, 0.25) is 0 Å². The van der Waals surface area contributed by atoms with E-state index >= 15 is 0 Å². The Morgan fingerprint density at radius 2 is 2.04 bits per heavy atom. The van der Waals surface area contributed by atoms with Gasteiger partial charge in [-0.3, -0.25) is 4.98 Å². The van der Waals surface area contributed by atoms with Crippen LogP contribution in [0.4, 0.5) is 5.82 Å². The van der Waals surface area contributed by atoms with E-state index in [-0.39, 0.29) is 6.10 Å². The van der Waals surface area contributed by atoms with E-state index in [1.54, 1.807) is 13.3 Å². The van der Waals surface area contributed by atoms with Crippen molar-refractivity contribution < 1.29 is 9.47 Å². The third kappa shape index (κ3) is 4.64. The first-order chi connectivity index (χ1) is 12.7. The molecule has 2 aromatic heterocycles. The summed E-state index contributed by atoms with van der Waals surface area (Å²) in [6, 6.07) is 8.48. The van der Waals surface area contributed by atoms with Crippen molar-refractivity contribution in [2.24, 2.45) is 0 Å². The van der Waals surface area contributed by atoms with Crippen molar-refractivity contribution in [3.8, 4) is 11.6 Å². The Hall–Kier alpha value is -2.34. The molecule has 1 aliphatic rings. The first-order valence-electron chi connectivity index (χ1n) is 9.25. The minimum atomic E-state index is 0.0392. The summed E-state index contributed by atoms with van der Waals surface area (Å²) in [6.45, 7) is 6.82. The number of hydrogen-bond donors (Lipinski definition) is 1. The highest BCUT2D eigenvalue weighted by Gasteiger charge is 2.24. The number of hydrogen-bond acceptors (Lipinski definition) is 6. The summed E-state index contributed by atoms with van der Waals surface area (Å²) in [7, 11) is 1.64. The van der Waals surface area contributed by atoms with Gasteiger partial charge in [0.25, 0.3) is 5.88 Å². The van der Waals surface area contributed by atoms with Crippen LogP contribution in [0.2, 0.25) is 0 Å². The molecule has 6 heteroatoms. The van der Waals surface area contributed by atoms with E-state index in [9.17, 15) is 0 Å². The number of anilines is 1. The quantitative estimate of drug-likeness (QED) is 0.823. The summed E-state index contributed by atoms with van der Waals surface area (Å²) in [6.07, 6.45) is 5.95. The Bertz CT molecular complexity index is 687. The molecule has 2 aromatic rings. The highest BCUT2D eigenvalue weighted by atomic mass is 16.5. The highest BCUT2D eigenvalue weighted by molar-refractivity contribution is 5.48. The number of rotatable bonds is 7. The van der Waals surface area contributed by atoms with Gasteiger partial charge in [-0.1, -0.05) is 6.07 Å². The smallest absolute Gasteiger partial charge is 0.259 e. The lowest BCUT2D eigenvalue weighted by Gasteiger charge is -2.36. The zero-order valence-corrected chi connectivity index (χ0v) is 15.8. The lowest BCUT2D eigenvalue weighted by Crippen LogP contribution is -2.43. The molecule has 0 saturated carbocycles. The van der Waals surface area contributed by atoms with Crippen LogP contribution in [-0.4, -0.2) is 42.3 Å². The largest absolute Gasteiger partial charge is 0.491 e. The lowest BCUT2D eigenvalue weighted by atomic mass is 10.0. The monoisotopic (exact) mass is 356 g/mol. The van der Waals surface area contributed by atoms with Gasteiger partial charge in [-0.2, -0.15) is 4.98 Å². The van der Waals surface area contributed by atoms with E-state index in [1.807, 2.05) is 38.2 Å². The molecule has 140 valence electrons. The maximum Gasteiger partial charge on any atom is 0.259 e. The summed E-state index contributed by atoms with van der Waals surface area (Å²) in [5, 5.41) is 3.44. The van der Waals surface area contributed by atoms with E-state index in [0.717, 1.165) is 38.3 Å². The molecular weight excluding hydrogens is 328 g/mol. The number of piperidine rings is 1. The zero-order valence-electron chi connectivity index (χ0n) is 15.8. The summed E-state index contributed by atoms with van der Waals surface area (Å²) in [5.41, 5.74) is 1.18. The first kappa shape index (κ1) is 18.5. The molecule has 0 amide bonds. The van der Waals surface area contributed by atoms with Gasteiger partial charge in [0.1, 0.15) is 5.82 Å². The summed E-state index contributed by atoms with van der Waals surface area (Å²) in [5.74, 6) is 2.12. The van der Waals surface area contributed by atoms with Gasteiger partial charge in [-0.25, -0.2) is 0 Å². The lowest BCUT2D eigenvalue weighted by molar-refractivity contribution is 0.220. The van der Waals surface area contributed by atoms with Gasteiger partial charge < -0.3 is 19.7 Å². The van der Waals surface area contributed by atoms with Crippen LogP contribution < -0.4 is 19.7 Å². The van der Waals surface area contributed by atoms with Crippen LogP contribution in [0.5, 0.6) is 11.6 Å². The molecule has 6 nitrogen and oxygen atoms in total. The minimum absolute atomic E-state index is 0.0392. The number of pyridine rings is 2. The number of ether oxygens (including phenoxy) is 2. The fraction of sp³-hybridized carbons (Fsp3) is 0.500. The summed E-state index contributed by atoms with van der Waals surface area (Å²) < 4.78 is 11.3. The maximum atomic E-state index is 5.88. The van der Waals surface area contributed by atoms with Gasteiger partial charge in [-0.05, 0) is 63.5 Å². The predicted molar refractivity (Wildman–Crippen MR) is 103 cm³/mol. The molecule has 26 heavy (non-hydrogen) atoms. The molecule has 0 aromatic carbocycles. The van der Waals surface area contributed by atoms with E-state index in [2.05, 4.69) is 21.3 Å². The number of methoxy groups -OCH3 is 1. The Kier molecular flexibility index (Phi) is 6.28. The molecule has 0 radical (unpaired) electrons. The standard InChI is InChI=1S/C20H28N4O2/c1-15(2)26-20-18(25-3)6-7-19(23-20)24(17-8-11-21-12-9-17)14-16-5-4-10-22-13-16/h4-7,10,13,15,17,21H,8-9,11-12,14H2,1-3H3. The van der Waals surface area contributed by atoms with E-state index in [1.165, 1.54) is 5.56 Å². The normalized spacial score (nSPS) is 15.1. The van der Waals surface area contributed by atoms with Crippen molar-refractivity contribution in [2.75, 3.05) is 25.1 Å². The molecule has 0 bridgehead atoms. The third-order valence-corrected chi connectivity index (χ3v) is 4.50. The van der Waals surface area contributed by atoms with Gasteiger partial charge in [0.15, 0.2) is 5.75 Å². The van der Waals surface area contributed by atoms with E-state index < -0.39 is 0 Å². The fourth-order valence-electron chi connectivity index (χ4n) is 3.24. The second-order valence-corrected chi connectivity index (χ2v) is 6.81. The van der Waals surface area contributed by atoms with Crippen molar-refractivity contribution in [3.63, 3.8) is 0 Å². The van der Waals surface area contributed by atoms with Gasteiger partial charge in [0.05, 0.1) is 13.2 Å². The average Bonchev–Trinajstić information content (AvgIpc) is 2.67. The van der Waals surface area contributed by atoms with Crippen molar-refractivity contribution in [3.05, 3.63) is 42.2 Å². The molecule has 1 N–H and O–H groups in total. The molecule has 0 spiro atoms. The highest BCUT2D eigenvalue weighted by Crippen LogP contribution is 2.31. The van der Waals surface area contributed by atoms with E-state index in [0.29, 0.717) is 17.7 Å². The second kappa shape index (κ2) is 8.85. The van der Waals surface area contributed by atoms with Gasteiger partial charge in [-0.15, -0.1) is 0 Å². The van der Waals surface area contributed by atoms with Crippen molar-refractivity contribution in [1.29, 1.82) is 0 Å². The Balaban J connectivity index is 1.92. The number of aromatic nitrogens is 2. The Morgan fingerprint density at radius 1 is 1.23 bits per heavy atom. The first-order valence-corrected chi connectivity index (χ1v) is 9.25. The molecule has 3 heterocycles. The van der Waals surface area contributed by atoms with Crippen LogP contribution in [0.25, 0.3) is 0 Å². The van der Waals surface area contributed by atoms with Gasteiger partial charge >= 0.3 is 0 Å².